The van der Waals surface area contributed by atoms with Crippen LogP contribution < -0.4 is 0 Å². The third-order valence-corrected chi connectivity index (χ3v) is 10.5. The Kier molecular flexibility index (Phi) is 5.45. The molecule has 0 aliphatic heterocycles. The minimum absolute atomic E-state index is 0.597. The largest absolute Gasteiger partial charge is 0.502 e. The molecule has 0 bridgehead atoms. The van der Waals surface area contributed by atoms with E-state index in [4.69, 9.17) is 4.74 Å². The molecule has 4 rings (SSSR count). The summed E-state index contributed by atoms with van der Waals surface area (Å²) in [4.78, 5) is 0. The van der Waals surface area contributed by atoms with Crippen LogP contribution in [0.25, 0.3) is 0 Å². The van der Waals surface area contributed by atoms with Crippen molar-refractivity contribution in [2.24, 2.45) is 52.3 Å². The van der Waals surface area contributed by atoms with Crippen molar-refractivity contribution in [3.8, 4) is 0 Å². The highest BCUT2D eigenvalue weighted by Crippen LogP contribution is 2.68. The summed E-state index contributed by atoms with van der Waals surface area (Å²) in [6.45, 7) is 15.0. The molecule has 0 saturated heterocycles. The van der Waals surface area contributed by atoms with E-state index in [1.165, 1.54) is 57.8 Å². The zero-order chi connectivity index (χ0) is 19.2. The molecule has 27 heavy (non-hydrogen) atoms. The molecular weight excluding hydrogens is 328 g/mol. The van der Waals surface area contributed by atoms with E-state index in [2.05, 4.69) is 34.3 Å². The van der Waals surface area contributed by atoms with Gasteiger partial charge in [0.1, 0.15) is 0 Å². The van der Waals surface area contributed by atoms with Gasteiger partial charge < -0.3 is 4.74 Å². The van der Waals surface area contributed by atoms with Gasteiger partial charge in [0, 0.05) is 0 Å². The summed E-state index contributed by atoms with van der Waals surface area (Å²) in [5, 5.41) is 0. The van der Waals surface area contributed by atoms with E-state index >= 15 is 0 Å². The lowest BCUT2D eigenvalue weighted by molar-refractivity contribution is -0.120. The monoisotopic (exact) mass is 372 g/mol. The summed E-state index contributed by atoms with van der Waals surface area (Å²) in [5.74, 6) is 6.76. The minimum atomic E-state index is 0.597. The smallest absolute Gasteiger partial charge is 0.0875 e. The molecule has 0 aromatic rings. The van der Waals surface area contributed by atoms with Crippen molar-refractivity contribution in [3.63, 3.8) is 0 Å². The van der Waals surface area contributed by atoms with Crippen LogP contribution in [0.3, 0.4) is 0 Å². The summed E-state index contributed by atoms with van der Waals surface area (Å²) in [7, 11) is 0. The van der Waals surface area contributed by atoms with Crippen molar-refractivity contribution in [1.29, 1.82) is 0 Å². The number of hydrogen-bond acceptors (Lipinski definition) is 1. The Morgan fingerprint density at radius 3 is 2.52 bits per heavy atom. The summed E-state index contributed by atoms with van der Waals surface area (Å²) in [5.41, 5.74) is 1.26. The van der Waals surface area contributed by atoms with Crippen LogP contribution in [0.5, 0.6) is 0 Å². The first kappa shape index (κ1) is 19.8. The fourth-order valence-electron chi connectivity index (χ4n) is 8.99. The molecule has 9 unspecified atom stereocenters. The minimum Gasteiger partial charge on any atom is -0.502 e. The Hall–Kier alpha value is -0.460. The SMILES string of the molecule is C=COCCC(C)C1CCC2C3CCC4CC(C)CCC4(C)C3CCC12C. The van der Waals surface area contributed by atoms with E-state index in [1.54, 1.807) is 12.7 Å². The second-order valence-corrected chi connectivity index (χ2v) is 11.6. The Morgan fingerprint density at radius 1 is 1.00 bits per heavy atom. The molecule has 0 spiro atoms. The van der Waals surface area contributed by atoms with Crippen LogP contribution in [0.15, 0.2) is 12.8 Å². The predicted octanol–water partition coefficient (Wildman–Crippen LogP) is 7.47. The molecular formula is C26H44O. The van der Waals surface area contributed by atoms with Gasteiger partial charge in [-0.05, 0) is 110 Å². The van der Waals surface area contributed by atoms with E-state index in [0.29, 0.717) is 10.8 Å². The Bertz CT molecular complexity index is 540. The third kappa shape index (κ3) is 3.20. The Labute approximate surface area is 168 Å². The lowest BCUT2D eigenvalue weighted by Gasteiger charge is -2.61. The quantitative estimate of drug-likeness (QED) is 0.359. The van der Waals surface area contributed by atoms with Gasteiger partial charge in [0.05, 0.1) is 12.9 Å². The van der Waals surface area contributed by atoms with E-state index in [-0.39, 0.29) is 0 Å². The summed E-state index contributed by atoms with van der Waals surface area (Å²) in [6.07, 6.45) is 16.4. The third-order valence-electron chi connectivity index (χ3n) is 10.5. The molecule has 0 N–H and O–H groups in total. The van der Waals surface area contributed by atoms with Crippen LogP contribution in [0, 0.1) is 52.3 Å². The number of hydrogen-bond donors (Lipinski definition) is 0. The molecule has 9 atom stereocenters. The summed E-state index contributed by atoms with van der Waals surface area (Å²) >= 11 is 0. The standard InChI is InChI=1S/C26H44O/c1-6-27-16-13-19(3)22-9-10-23-21-8-7-20-17-18(2)11-14-25(20,4)24(21)12-15-26(22,23)5/h6,18-24H,1,7-17H2,2-5H3. The first-order valence-corrected chi connectivity index (χ1v) is 12.1. The van der Waals surface area contributed by atoms with Crippen molar-refractivity contribution in [1.82, 2.24) is 0 Å². The second-order valence-electron chi connectivity index (χ2n) is 11.6. The first-order chi connectivity index (χ1) is 12.9. The van der Waals surface area contributed by atoms with Crippen molar-refractivity contribution < 1.29 is 4.74 Å². The predicted molar refractivity (Wildman–Crippen MR) is 114 cm³/mol. The maximum Gasteiger partial charge on any atom is 0.0875 e. The summed E-state index contributed by atoms with van der Waals surface area (Å²) < 4.78 is 5.46. The van der Waals surface area contributed by atoms with Crippen LogP contribution in [0.4, 0.5) is 0 Å². The van der Waals surface area contributed by atoms with E-state index in [9.17, 15) is 0 Å². The zero-order valence-electron chi connectivity index (χ0n) is 18.5. The molecule has 4 aliphatic carbocycles. The van der Waals surface area contributed by atoms with Gasteiger partial charge in [0.2, 0.25) is 0 Å². The van der Waals surface area contributed by atoms with Crippen molar-refractivity contribution in [2.45, 2.75) is 91.9 Å². The van der Waals surface area contributed by atoms with Gasteiger partial charge in [-0.3, -0.25) is 0 Å². The highest BCUT2D eigenvalue weighted by Gasteiger charge is 2.60. The van der Waals surface area contributed by atoms with Gasteiger partial charge in [0.15, 0.2) is 0 Å². The van der Waals surface area contributed by atoms with Crippen LogP contribution in [-0.2, 0) is 4.74 Å². The highest BCUT2D eigenvalue weighted by molar-refractivity contribution is 5.09. The van der Waals surface area contributed by atoms with Gasteiger partial charge in [-0.15, -0.1) is 0 Å². The maximum atomic E-state index is 5.46. The highest BCUT2D eigenvalue weighted by atomic mass is 16.5. The molecule has 4 aliphatic rings. The van der Waals surface area contributed by atoms with Gasteiger partial charge in [-0.25, -0.2) is 0 Å². The maximum absolute atomic E-state index is 5.46. The number of ether oxygens (including phenoxy) is 1. The summed E-state index contributed by atoms with van der Waals surface area (Å²) in [6, 6.07) is 0. The molecule has 0 aromatic heterocycles. The topological polar surface area (TPSA) is 9.23 Å². The molecule has 0 amide bonds. The van der Waals surface area contributed by atoms with Crippen molar-refractivity contribution in [3.05, 3.63) is 12.8 Å². The fraction of sp³-hybridized carbons (Fsp3) is 0.923. The zero-order valence-corrected chi connectivity index (χ0v) is 18.5. The molecule has 4 saturated carbocycles. The molecule has 4 fully saturated rings. The average Bonchev–Trinajstić information content (AvgIpc) is 3.00. The van der Waals surface area contributed by atoms with Crippen LogP contribution in [0.2, 0.25) is 0 Å². The molecule has 154 valence electrons. The lowest BCUT2D eigenvalue weighted by atomic mass is 9.44. The van der Waals surface area contributed by atoms with Crippen LogP contribution >= 0.6 is 0 Å². The normalized spacial score (nSPS) is 50.2. The van der Waals surface area contributed by atoms with Gasteiger partial charge in [-0.2, -0.15) is 0 Å². The van der Waals surface area contributed by atoms with Crippen LogP contribution in [0.1, 0.15) is 91.9 Å². The van der Waals surface area contributed by atoms with Crippen molar-refractivity contribution >= 4 is 0 Å². The van der Waals surface area contributed by atoms with E-state index < -0.39 is 0 Å². The molecule has 1 nitrogen and oxygen atoms in total. The van der Waals surface area contributed by atoms with Gasteiger partial charge >= 0.3 is 0 Å². The van der Waals surface area contributed by atoms with Crippen molar-refractivity contribution in [2.75, 3.05) is 6.61 Å². The van der Waals surface area contributed by atoms with E-state index in [1.807, 2.05) is 0 Å². The lowest BCUT2D eigenvalue weighted by Crippen LogP contribution is -2.53. The van der Waals surface area contributed by atoms with E-state index in [0.717, 1.165) is 48.0 Å². The molecule has 0 heterocycles. The number of fused-ring (bicyclic) bond motifs is 5. The van der Waals surface area contributed by atoms with Crippen LogP contribution in [-0.4, -0.2) is 6.61 Å². The Balaban J connectivity index is 1.49. The second kappa shape index (κ2) is 7.42. The molecule has 0 radical (unpaired) electrons. The number of rotatable bonds is 5. The average molecular weight is 373 g/mol. The first-order valence-electron chi connectivity index (χ1n) is 12.1. The fourth-order valence-corrected chi connectivity index (χ4v) is 8.99. The Morgan fingerprint density at radius 2 is 1.74 bits per heavy atom. The molecule has 1 heteroatoms. The molecule has 0 aromatic carbocycles. The van der Waals surface area contributed by atoms with Gasteiger partial charge in [-0.1, -0.05) is 40.7 Å². The van der Waals surface area contributed by atoms with Gasteiger partial charge in [0.25, 0.3) is 0 Å².